The van der Waals surface area contributed by atoms with Crippen LogP contribution in [0.15, 0.2) is 4.99 Å². The van der Waals surface area contributed by atoms with Gasteiger partial charge >= 0.3 is 29.6 Å². The van der Waals surface area contributed by atoms with Crippen molar-refractivity contribution in [1.82, 2.24) is 5.32 Å². The van der Waals surface area contributed by atoms with Gasteiger partial charge in [-0.2, -0.15) is 11.8 Å². The molecule has 0 aliphatic carbocycles. The zero-order chi connectivity index (χ0) is 13.6. The summed E-state index contributed by atoms with van der Waals surface area (Å²) in [7, 11) is 0. The minimum absolute atomic E-state index is 0. The summed E-state index contributed by atoms with van der Waals surface area (Å²) in [6.45, 7) is 3.90. The van der Waals surface area contributed by atoms with Crippen LogP contribution in [0.2, 0.25) is 0 Å². The first kappa shape index (κ1) is 19.0. The largest absolute Gasteiger partial charge is 1.00 e. The summed E-state index contributed by atoms with van der Waals surface area (Å²) in [5.74, 6) is 0.680. The van der Waals surface area contributed by atoms with Crippen LogP contribution in [0, 0.1) is 5.41 Å². The van der Waals surface area contributed by atoms with Crippen LogP contribution in [-0.4, -0.2) is 29.3 Å². The number of nitrogens with zero attached hydrogens (tertiary/aromatic N) is 1. The minimum atomic E-state index is -1.13. The first-order valence-corrected chi connectivity index (χ1v) is 7.41. The number of amides is 2. The second-order valence-electron chi connectivity index (χ2n) is 4.33. The predicted octanol–water partition coefficient (Wildman–Crippen LogP) is -2.32. The van der Waals surface area contributed by atoms with E-state index in [2.05, 4.69) is 17.2 Å². The molecule has 5 nitrogen and oxygen atoms in total. The second kappa shape index (κ2) is 9.00. The van der Waals surface area contributed by atoms with Crippen molar-refractivity contribution in [2.45, 2.75) is 39.5 Å². The summed E-state index contributed by atoms with van der Waals surface area (Å²) in [6, 6.07) is -0.840. The first-order valence-electron chi connectivity index (χ1n) is 6.26. The van der Waals surface area contributed by atoms with Crippen molar-refractivity contribution in [1.29, 1.82) is 0 Å². The van der Waals surface area contributed by atoms with Crippen molar-refractivity contribution in [3.8, 4) is 0 Å². The van der Waals surface area contributed by atoms with Gasteiger partial charge in [0.05, 0.1) is 6.02 Å². The van der Waals surface area contributed by atoms with Crippen LogP contribution >= 0.6 is 11.8 Å². The van der Waals surface area contributed by atoms with Crippen LogP contribution in [0.5, 0.6) is 0 Å². The second-order valence-corrected chi connectivity index (χ2v) is 5.55. The van der Waals surface area contributed by atoms with E-state index in [1.807, 2.05) is 0 Å². The zero-order valence-electron chi connectivity index (χ0n) is 11.8. The molecule has 0 bridgehead atoms. The molecule has 102 valence electrons. The number of carbonyl (C=O) groups is 2. The average molecular weight is 294 g/mol. The van der Waals surface area contributed by atoms with Crippen LogP contribution < -0.4 is 40.0 Å². The molecule has 0 radical (unpaired) electrons. The number of hydrogen-bond acceptors (Lipinski definition) is 4. The average Bonchev–Trinajstić information content (AvgIpc) is 2.32. The van der Waals surface area contributed by atoms with E-state index in [-0.39, 0.29) is 29.6 Å². The standard InChI is InChI=1S/C12H20N2O3S.Na/c1-3-5-7-18-8-6-12(4-2)9(15)13-11(17)14-10(12)16;/h3-8H2,1-2H3,(H2,13,14,15,16,17);/q;+1/p-1. The molecule has 1 aliphatic rings. The molecule has 0 saturated carbocycles. The van der Waals surface area contributed by atoms with E-state index >= 15 is 0 Å². The van der Waals surface area contributed by atoms with Gasteiger partial charge in [-0.15, -0.1) is 0 Å². The normalized spacial score (nSPS) is 22.5. The van der Waals surface area contributed by atoms with Crippen molar-refractivity contribution >= 4 is 29.6 Å². The van der Waals surface area contributed by atoms with Gasteiger partial charge in [-0.1, -0.05) is 20.3 Å². The van der Waals surface area contributed by atoms with Gasteiger partial charge in [-0.05, 0) is 30.8 Å². The number of carbonyl (C=O) groups excluding carboxylic acids is 2. The number of thioether (sulfide) groups is 1. The maximum absolute atomic E-state index is 11.9. The van der Waals surface area contributed by atoms with Crippen molar-refractivity contribution in [2.24, 2.45) is 10.4 Å². The Kier molecular flexibility index (Phi) is 8.98. The Balaban J connectivity index is 0.00000324. The molecule has 1 unspecified atom stereocenters. The van der Waals surface area contributed by atoms with E-state index in [4.69, 9.17) is 0 Å². The number of aliphatic imine (C=N–C) groups is 1. The summed E-state index contributed by atoms with van der Waals surface area (Å²) < 4.78 is 0. The molecule has 1 N–H and O–H groups in total. The molecule has 7 heteroatoms. The van der Waals surface area contributed by atoms with Crippen molar-refractivity contribution in [3.63, 3.8) is 0 Å². The molecule has 0 saturated heterocycles. The molecule has 0 aromatic heterocycles. The Labute approximate surface area is 140 Å². The Bertz CT molecular complexity index is 363. The van der Waals surface area contributed by atoms with Crippen molar-refractivity contribution < 1.29 is 44.3 Å². The molecule has 1 atom stereocenters. The van der Waals surface area contributed by atoms with Crippen molar-refractivity contribution in [2.75, 3.05) is 11.5 Å². The van der Waals surface area contributed by atoms with Gasteiger partial charge in [0, 0.05) is 0 Å². The maximum atomic E-state index is 11.9. The number of nitrogens with one attached hydrogen (secondary N) is 1. The van der Waals surface area contributed by atoms with Gasteiger partial charge < -0.3 is 10.4 Å². The monoisotopic (exact) mass is 294 g/mol. The van der Waals surface area contributed by atoms with Gasteiger partial charge in [0.2, 0.25) is 5.91 Å². The zero-order valence-corrected chi connectivity index (χ0v) is 14.6. The molecular weight excluding hydrogens is 275 g/mol. The van der Waals surface area contributed by atoms with Crippen LogP contribution in [0.4, 0.5) is 0 Å². The Morgan fingerprint density at radius 1 is 1.32 bits per heavy atom. The third kappa shape index (κ3) is 4.77. The molecule has 2 amide bonds. The van der Waals surface area contributed by atoms with E-state index in [0.717, 1.165) is 24.3 Å². The first-order chi connectivity index (χ1) is 8.56. The van der Waals surface area contributed by atoms with Crippen LogP contribution in [0.3, 0.4) is 0 Å². The third-order valence-corrected chi connectivity index (χ3v) is 4.26. The summed E-state index contributed by atoms with van der Waals surface area (Å²) >= 11 is 1.73. The van der Waals surface area contributed by atoms with Crippen LogP contribution in [0.25, 0.3) is 0 Å². The fourth-order valence-electron chi connectivity index (χ4n) is 1.84. The van der Waals surface area contributed by atoms with Gasteiger partial charge in [0.1, 0.15) is 5.41 Å². The molecule has 0 fully saturated rings. The van der Waals surface area contributed by atoms with E-state index in [0.29, 0.717) is 12.8 Å². The topological polar surface area (TPSA) is 81.6 Å². The van der Waals surface area contributed by atoms with Gasteiger partial charge in [-0.25, -0.2) is 4.99 Å². The van der Waals surface area contributed by atoms with Gasteiger partial charge in [-0.3, -0.25) is 9.59 Å². The summed E-state index contributed by atoms with van der Waals surface area (Å²) in [4.78, 5) is 27.1. The number of unbranched alkanes of at least 4 members (excludes halogenated alkanes) is 1. The molecule has 0 aromatic carbocycles. The smallest absolute Gasteiger partial charge is 0.846 e. The third-order valence-electron chi connectivity index (χ3n) is 3.19. The molecule has 19 heavy (non-hydrogen) atoms. The van der Waals surface area contributed by atoms with Crippen LogP contribution in [0.1, 0.15) is 39.5 Å². The predicted molar refractivity (Wildman–Crippen MR) is 70.2 cm³/mol. The molecule has 1 aliphatic heterocycles. The summed E-state index contributed by atoms with van der Waals surface area (Å²) in [5, 5.41) is 13.1. The minimum Gasteiger partial charge on any atom is -0.846 e. The SMILES string of the molecule is CCCCSCCC1(CC)C(=O)N=C([O-])NC1=O.[Na+]. The molecule has 0 spiro atoms. The fourth-order valence-corrected chi connectivity index (χ4v) is 3.03. The Hall–Kier alpha value is -0.0400. The Morgan fingerprint density at radius 3 is 2.53 bits per heavy atom. The van der Waals surface area contributed by atoms with Crippen molar-refractivity contribution in [3.05, 3.63) is 0 Å². The Morgan fingerprint density at radius 2 is 2.00 bits per heavy atom. The van der Waals surface area contributed by atoms with E-state index in [1.54, 1.807) is 18.7 Å². The quantitative estimate of drug-likeness (QED) is 0.325. The fraction of sp³-hybridized carbons (Fsp3) is 0.750. The molecular formula is C12H19N2NaO3S. The van der Waals surface area contributed by atoms with Crippen LogP contribution in [-0.2, 0) is 9.59 Å². The number of rotatable bonds is 7. The summed E-state index contributed by atoms with van der Waals surface area (Å²) in [6.07, 6.45) is 3.09. The maximum Gasteiger partial charge on any atom is 1.00 e. The summed E-state index contributed by atoms with van der Waals surface area (Å²) in [5.41, 5.74) is -1.13. The molecule has 1 heterocycles. The van der Waals surface area contributed by atoms with E-state index in [9.17, 15) is 14.7 Å². The van der Waals surface area contributed by atoms with E-state index in [1.165, 1.54) is 0 Å². The van der Waals surface area contributed by atoms with Gasteiger partial charge in [0.15, 0.2) is 0 Å². The molecule has 0 aromatic rings. The van der Waals surface area contributed by atoms with Gasteiger partial charge in [0.25, 0.3) is 5.91 Å². The van der Waals surface area contributed by atoms with E-state index < -0.39 is 23.3 Å². The number of amidine groups is 1. The molecule has 1 rings (SSSR count). The number of hydrogen-bond donors (Lipinski definition) is 1.